The lowest BCUT2D eigenvalue weighted by atomic mass is 9.79. The standard InChI is InChI=1S/C36H55NO6/c1-21(16-28(38)42-30-24(33(2,3)4)17-22(40-14)18-25(30)34(5,6)7)29(37)32(39)43-31-26(35(8,9)10)19-23(41-15)20-27(31)36(11,12)13/h17-21,29H,16,37H2,1-15H3/t21?,29-/m0/s1. The molecule has 0 aromatic heterocycles. The molecule has 43 heavy (non-hydrogen) atoms. The second-order valence-corrected chi connectivity index (χ2v) is 15.7. The van der Waals surface area contributed by atoms with Gasteiger partial charge in [0, 0.05) is 22.3 Å². The highest BCUT2D eigenvalue weighted by Gasteiger charge is 2.34. The highest BCUT2D eigenvalue weighted by Crippen LogP contribution is 2.44. The van der Waals surface area contributed by atoms with Crippen LogP contribution < -0.4 is 24.7 Å². The zero-order valence-electron chi connectivity index (χ0n) is 29.2. The van der Waals surface area contributed by atoms with E-state index in [1.54, 1.807) is 21.1 Å². The molecule has 0 aliphatic carbocycles. The highest BCUT2D eigenvalue weighted by atomic mass is 16.5. The number of carbonyl (C=O) groups excluding carboxylic acids is 2. The van der Waals surface area contributed by atoms with E-state index in [4.69, 9.17) is 24.7 Å². The maximum Gasteiger partial charge on any atom is 0.328 e. The second kappa shape index (κ2) is 12.9. The minimum absolute atomic E-state index is 0.0592. The summed E-state index contributed by atoms with van der Waals surface area (Å²) in [5.41, 5.74) is 8.55. The van der Waals surface area contributed by atoms with Gasteiger partial charge in [-0.15, -0.1) is 0 Å². The van der Waals surface area contributed by atoms with Crippen LogP contribution in [0, 0.1) is 5.92 Å². The molecule has 0 bridgehead atoms. The fraction of sp³-hybridized carbons (Fsp3) is 0.611. The molecule has 0 saturated heterocycles. The average molecular weight is 598 g/mol. The van der Waals surface area contributed by atoms with Gasteiger partial charge in [-0.05, 0) is 51.8 Å². The summed E-state index contributed by atoms with van der Waals surface area (Å²) in [6.07, 6.45) is -0.0592. The number of nitrogens with two attached hydrogens (primary N) is 1. The number of hydrogen-bond donors (Lipinski definition) is 1. The van der Waals surface area contributed by atoms with Gasteiger partial charge in [0.25, 0.3) is 0 Å². The normalized spacial score (nSPS) is 14.1. The Morgan fingerprint density at radius 2 is 0.930 bits per heavy atom. The van der Waals surface area contributed by atoms with Crippen LogP contribution in [0.3, 0.4) is 0 Å². The van der Waals surface area contributed by atoms with Crippen molar-refractivity contribution in [3.8, 4) is 23.0 Å². The third-order valence-electron chi connectivity index (χ3n) is 7.62. The Hall–Kier alpha value is -3.06. The highest BCUT2D eigenvalue weighted by molar-refractivity contribution is 5.81. The molecule has 0 fully saturated rings. The number of rotatable bonds is 8. The molecule has 0 aliphatic rings. The van der Waals surface area contributed by atoms with Gasteiger partial charge in [0.1, 0.15) is 29.0 Å². The smallest absolute Gasteiger partial charge is 0.328 e. The fourth-order valence-corrected chi connectivity index (χ4v) is 4.84. The summed E-state index contributed by atoms with van der Waals surface area (Å²) in [6, 6.07) is 6.59. The van der Waals surface area contributed by atoms with Crippen molar-refractivity contribution in [1.82, 2.24) is 0 Å². The Kier molecular flexibility index (Phi) is 10.8. The summed E-state index contributed by atoms with van der Waals surface area (Å²) in [4.78, 5) is 26.9. The first-order valence-electron chi connectivity index (χ1n) is 15.1. The number of carbonyl (C=O) groups is 2. The van der Waals surface area contributed by atoms with Crippen LogP contribution >= 0.6 is 0 Å². The van der Waals surface area contributed by atoms with Crippen LogP contribution in [0.25, 0.3) is 0 Å². The predicted octanol–water partition coefficient (Wildman–Crippen LogP) is 7.76. The van der Waals surface area contributed by atoms with Gasteiger partial charge >= 0.3 is 11.9 Å². The van der Waals surface area contributed by atoms with E-state index in [2.05, 4.69) is 83.1 Å². The number of esters is 2. The number of methoxy groups -OCH3 is 2. The van der Waals surface area contributed by atoms with Gasteiger partial charge < -0.3 is 24.7 Å². The van der Waals surface area contributed by atoms with E-state index in [0.29, 0.717) is 23.0 Å². The van der Waals surface area contributed by atoms with Crippen molar-refractivity contribution in [2.45, 2.75) is 124 Å². The summed E-state index contributed by atoms with van der Waals surface area (Å²) in [5.74, 6) is 0.803. The summed E-state index contributed by atoms with van der Waals surface area (Å²) in [6.45, 7) is 26.5. The minimum Gasteiger partial charge on any atom is -0.497 e. The lowest BCUT2D eigenvalue weighted by Crippen LogP contribution is -2.41. The molecule has 2 rings (SSSR count). The number of hydrogen-bond acceptors (Lipinski definition) is 7. The van der Waals surface area contributed by atoms with E-state index in [0.717, 1.165) is 22.3 Å². The predicted molar refractivity (Wildman–Crippen MR) is 174 cm³/mol. The first-order valence-corrected chi connectivity index (χ1v) is 15.1. The van der Waals surface area contributed by atoms with Gasteiger partial charge in [-0.3, -0.25) is 4.79 Å². The molecule has 2 N–H and O–H groups in total. The van der Waals surface area contributed by atoms with E-state index >= 15 is 0 Å². The van der Waals surface area contributed by atoms with Crippen LogP contribution in [0.15, 0.2) is 24.3 Å². The number of benzene rings is 2. The van der Waals surface area contributed by atoms with Crippen molar-refractivity contribution < 1.29 is 28.5 Å². The zero-order chi connectivity index (χ0) is 33.3. The molecular formula is C36H55NO6. The first kappa shape index (κ1) is 36.1. The average Bonchev–Trinajstić information content (AvgIpc) is 2.85. The summed E-state index contributed by atoms with van der Waals surface area (Å²) < 4.78 is 23.3. The fourth-order valence-electron chi connectivity index (χ4n) is 4.84. The molecule has 240 valence electrons. The SMILES string of the molecule is COc1cc(C(C)(C)C)c(OC(=O)CC(C)[C@H](N)C(=O)Oc2c(C(C)(C)C)cc(OC)cc2C(C)(C)C)c(C(C)(C)C)c1. The topological polar surface area (TPSA) is 97.1 Å². The van der Waals surface area contributed by atoms with Crippen LogP contribution in [0.5, 0.6) is 23.0 Å². The maximum atomic E-state index is 13.5. The molecule has 2 aromatic carbocycles. The monoisotopic (exact) mass is 597 g/mol. The Bertz CT molecular complexity index is 1250. The molecule has 1 unspecified atom stereocenters. The lowest BCUT2D eigenvalue weighted by molar-refractivity contribution is -0.139. The van der Waals surface area contributed by atoms with Crippen LogP contribution in [-0.2, 0) is 31.2 Å². The lowest BCUT2D eigenvalue weighted by Gasteiger charge is -2.31. The van der Waals surface area contributed by atoms with Crippen molar-refractivity contribution in [2.24, 2.45) is 11.7 Å². The van der Waals surface area contributed by atoms with Crippen LogP contribution in [-0.4, -0.2) is 32.2 Å². The molecule has 0 amide bonds. The van der Waals surface area contributed by atoms with Crippen molar-refractivity contribution in [2.75, 3.05) is 14.2 Å². The molecule has 0 heterocycles. The van der Waals surface area contributed by atoms with Gasteiger partial charge in [0.2, 0.25) is 0 Å². The first-order chi connectivity index (χ1) is 19.4. The van der Waals surface area contributed by atoms with Crippen molar-refractivity contribution in [3.05, 3.63) is 46.5 Å². The molecule has 7 nitrogen and oxygen atoms in total. The van der Waals surface area contributed by atoms with Gasteiger partial charge in [-0.2, -0.15) is 0 Å². The zero-order valence-corrected chi connectivity index (χ0v) is 29.2. The Morgan fingerprint density at radius 3 is 1.21 bits per heavy atom. The van der Waals surface area contributed by atoms with E-state index in [-0.39, 0.29) is 28.1 Å². The van der Waals surface area contributed by atoms with Crippen LogP contribution in [0.2, 0.25) is 0 Å². The third kappa shape index (κ3) is 8.98. The Labute approximate surface area is 259 Å². The summed E-state index contributed by atoms with van der Waals surface area (Å²) in [5, 5.41) is 0. The molecule has 7 heteroatoms. The number of ether oxygens (including phenoxy) is 4. The maximum absolute atomic E-state index is 13.5. The van der Waals surface area contributed by atoms with Crippen molar-refractivity contribution >= 4 is 11.9 Å². The quantitative estimate of drug-likeness (QED) is 0.245. The van der Waals surface area contributed by atoms with Crippen LogP contribution in [0.4, 0.5) is 0 Å². The Balaban J connectivity index is 2.40. The molecular weight excluding hydrogens is 542 g/mol. The van der Waals surface area contributed by atoms with E-state index in [1.165, 1.54) is 0 Å². The van der Waals surface area contributed by atoms with Gasteiger partial charge in [0.05, 0.1) is 20.6 Å². The molecule has 0 radical (unpaired) electrons. The molecule has 0 spiro atoms. The second-order valence-electron chi connectivity index (χ2n) is 15.7. The van der Waals surface area contributed by atoms with Gasteiger partial charge in [-0.1, -0.05) is 90.0 Å². The van der Waals surface area contributed by atoms with E-state index in [1.807, 2.05) is 24.3 Å². The van der Waals surface area contributed by atoms with Crippen molar-refractivity contribution in [1.29, 1.82) is 0 Å². The van der Waals surface area contributed by atoms with Gasteiger partial charge in [-0.25, -0.2) is 4.79 Å². The molecule has 2 atom stereocenters. The molecule has 0 aliphatic heterocycles. The van der Waals surface area contributed by atoms with E-state index in [9.17, 15) is 9.59 Å². The summed E-state index contributed by atoms with van der Waals surface area (Å²) >= 11 is 0. The van der Waals surface area contributed by atoms with E-state index < -0.39 is 23.9 Å². The largest absolute Gasteiger partial charge is 0.497 e. The molecule has 2 aromatic rings. The third-order valence-corrected chi connectivity index (χ3v) is 7.62. The minimum atomic E-state index is -1.05. The summed E-state index contributed by atoms with van der Waals surface area (Å²) in [7, 11) is 3.25. The van der Waals surface area contributed by atoms with Crippen LogP contribution in [0.1, 0.15) is 119 Å². The molecule has 0 saturated carbocycles. The van der Waals surface area contributed by atoms with Crippen molar-refractivity contribution in [3.63, 3.8) is 0 Å². The van der Waals surface area contributed by atoms with Gasteiger partial charge in [0.15, 0.2) is 0 Å². The Morgan fingerprint density at radius 1 is 0.628 bits per heavy atom.